The predicted octanol–water partition coefficient (Wildman–Crippen LogP) is 5.13. The molecule has 1 aliphatic carbocycles. The SMILES string of the molecule is COc1ccc(C2=N[C@H](NC(=O)C(CCC(F)(F)F)C(CCC(F)(F)F)C(N)=O)C(=O)N(CC3CC3)c3ccccc32)cc1. The Morgan fingerprint density at radius 2 is 1.57 bits per heavy atom. The van der Waals surface area contributed by atoms with Crippen LogP contribution in [0.3, 0.4) is 0 Å². The van der Waals surface area contributed by atoms with E-state index in [2.05, 4.69) is 10.3 Å². The molecule has 1 saturated carbocycles. The summed E-state index contributed by atoms with van der Waals surface area (Å²) in [5, 5.41) is 2.36. The number of nitrogens with two attached hydrogens (primary N) is 1. The first-order valence-corrected chi connectivity index (χ1v) is 14.0. The van der Waals surface area contributed by atoms with Gasteiger partial charge in [0.2, 0.25) is 18.0 Å². The van der Waals surface area contributed by atoms with E-state index in [0.29, 0.717) is 29.1 Å². The highest BCUT2D eigenvalue weighted by molar-refractivity contribution is 6.20. The number of methoxy groups -OCH3 is 1. The minimum absolute atomic E-state index is 0.187. The molecule has 2 unspecified atom stereocenters. The molecular weight excluding hydrogens is 594 g/mol. The summed E-state index contributed by atoms with van der Waals surface area (Å²) >= 11 is 0. The molecule has 0 bridgehead atoms. The molecule has 2 aromatic carbocycles. The van der Waals surface area contributed by atoms with Crippen LogP contribution in [0.15, 0.2) is 53.5 Å². The summed E-state index contributed by atoms with van der Waals surface area (Å²) in [5.74, 6) is -6.30. The summed E-state index contributed by atoms with van der Waals surface area (Å²) in [5.41, 5.74) is 7.19. The first-order valence-electron chi connectivity index (χ1n) is 14.0. The fourth-order valence-electron chi connectivity index (χ4n) is 5.19. The fourth-order valence-corrected chi connectivity index (χ4v) is 5.19. The number of amides is 3. The number of fused-ring (bicyclic) bond motifs is 1. The standard InChI is InChI=1S/C30H32F6N4O4/c1-44-19-10-8-18(9-11-19)24-22-4-2-3-5-23(22)40(16-17-6-7-17)28(43)26(38-24)39-27(42)21(13-15-30(34,35)36)20(25(37)41)12-14-29(31,32)33/h2-5,8-11,17,20-21,26H,6-7,12-16H2,1H3,(H2,37,41)(H,39,42)/t20?,21?,26-/m1/s1. The Hall–Kier alpha value is -4.10. The smallest absolute Gasteiger partial charge is 0.389 e. The largest absolute Gasteiger partial charge is 0.497 e. The van der Waals surface area contributed by atoms with Crippen molar-refractivity contribution in [1.82, 2.24) is 5.32 Å². The molecule has 0 aromatic heterocycles. The summed E-state index contributed by atoms with van der Waals surface area (Å²) in [6, 6.07) is 13.6. The Labute approximate surface area is 249 Å². The zero-order valence-electron chi connectivity index (χ0n) is 23.8. The number of hydrogen-bond donors (Lipinski definition) is 2. The van der Waals surface area contributed by atoms with E-state index in [4.69, 9.17) is 10.5 Å². The minimum Gasteiger partial charge on any atom is -0.497 e. The van der Waals surface area contributed by atoms with Crippen molar-refractivity contribution in [1.29, 1.82) is 0 Å². The molecule has 3 atom stereocenters. The van der Waals surface area contributed by atoms with Gasteiger partial charge in [-0.05, 0) is 61.9 Å². The summed E-state index contributed by atoms with van der Waals surface area (Å²) in [6.07, 6.45) is -14.5. The van der Waals surface area contributed by atoms with E-state index in [1.54, 1.807) is 48.5 Å². The number of carbonyl (C=O) groups is 3. The Morgan fingerprint density at radius 3 is 2.11 bits per heavy atom. The van der Waals surface area contributed by atoms with Crippen LogP contribution in [0.2, 0.25) is 0 Å². The topological polar surface area (TPSA) is 114 Å². The van der Waals surface area contributed by atoms with Crippen molar-refractivity contribution in [3.8, 4) is 5.75 Å². The normalized spacial score (nSPS) is 18.5. The molecule has 14 heteroatoms. The number of hydrogen-bond acceptors (Lipinski definition) is 5. The molecular formula is C30H32F6N4O4. The molecule has 0 saturated heterocycles. The van der Waals surface area contributed by atoms with Gasteiger partial charge in [-0.15, -0.1) is 0 Å². The average Bonchev–Trinajstić information content (AvgIpc) is 3.79. The monoisotopic (exact) mass is 626 g/mol. The first-order chi connectivity index (χ1) is 20.7. The van der Waals surface area contributed by atoms with Gasteiger partial charge < -0.3 is 20.7 Å². The van der Waals surface area contributed by atoms with Gasteiger partial charge in [0, 0.05) is 42.3 Å². The van der Waals surface area contributed by atoms with Crippen molar-refractivity contribution in [3.63, 3.8) is 0 Å². The zero-order chi connectivity index (χ0) is 32.2. The maximum absolute atomic E-state index is 13.9. The molecule has 3 amide bonds. The number of aliphatic imine (C=N–C) groups is 1. The summed E-state index contributed by atoms with van der Waals surface area (Å²) in [4.78, 5) is 45.7. The zero-order valence-corrected chi connectivity index (χ0v) is 23.8. The van der Waals surface area contributed by atoms with Crippen molar-refractivity contribution < 1.29 is 45.5 Å². The van der Waals surface area contributed by atoms with Gasteiger partial charge in [-0.2, -0.15) is 26.3 Å². The van der Waals surface area contributed by atoms with Crippen LogP contribution < -0.4 is 20.7 Å². The van der Waals surface area contributed by atoms with Gasteiger partial charge in [-0.25, -0.2) is 4.99 Å². The van der Waals surface area contributed by atoms with Crippen molar-refractivity contribution in [2.24, 2.45) is 28.5 Å². The van der Waals surface area contributed by atoms with Gasteiger partial charge in [-0.3, -0.25) is 14.4 Å². The quantitative estimate of drug-likeness (QED) is 0.318. The van der Waals surface area contributed by atoms with Crippen LogP contribution in [-0.4, -0.2) is 55.6 Å². The third-order valence-corrected chi connectivity index (χ3v) is 7.65. The lowest BCUT2D eigenvalue weighted by molar-refractivity contribution is -0.152. The van der Waals surface area contributed by atoms with Crippen molar-refractivity contribution >= 4 is 29.1 Å². The van der Waals surface area contributed by atoms with Crippen LogP contribution in [0.5, 0.6) is 5.75 Å². The number of para-hydroxylation sites is 1. The number of ether oxygens (including phenoxy) is 1. The Balaban J connectivity index is 1.75. The number of nitrogens with zero attached hydrogens (tertiary/aromatic N) is 2. The van der Waals surface area contributed by atoms with Crippen LogP contribution >= 0.6 is 0 Å². The van der Waals surface area contributed by atoms with E-state index in [1.165, 1.54) is 12.0 Å². The molecule has 0 spiro atoms. The third kappa shape index (κ3) is 8.50. The van der Waals surface area contributed by atoms with Gasteiger partial charge in [-0.1, -0.05) is 18.2 Å². The van der Waals surface area contributed by atoms with Crippen LogP contribution in [0.1, 0.15) is 49.7 Å². The van der Waals surface area contributed by atoms with Gasteiger partial charge in [0.25, 0.3) is 5.91 Å². The maximum atomic E-state index is 13.9. The molecule has 4 rings (SSSR count). The molecule has 1 aliphatic heterocycles. The van der Waals surface area contributed by atoms with E-state index < -0.39 is 73.8 Å². The number of primary amides is 1. The fraction of sp³-hybridized carbons (Fsp3) is 0.467. The van der Waals surface area contributed by atoms with Crippen LogP contribution in [0, 0.1) is 17.8 Å². The molecule has 1 fully saturated rings. The van der Waals surface area contributed by atoms with Crippen molar-refractivity contribution in [3.05, 3.63) is 59.7 Å². The Bertz CT molecular complexity index is 1390. The van der Waals surface area contributed by atoms with Crippen molar-refractivity contribution in [2.45, 2.75) is 57.0 Å². The van der Waals surface area contributed by atoms with Crippen molar-refractivity contribution in [2.75, 3.05) is 18.6 Å². The van der Waals surface area contributed by atoms with E-state index >= 15 is 0 Å². The lowest BCUT2D eigenvalue weighted by Gasteiger charge is -2.28. The van der Waals surface area contributed by atoms with Gasteiger partial charge in [0.05, 0.1) is 18.5 Å². The highest BCUT2D eigenvalue weighted by Crippen LogP contribution is 2.36. The highest BCUT2D eigenvalue weighted by atomic mass is 19.4. The van der Waals surface area contributed by atoms with Crippen LogP contribution in [0.4, 0.5) is 32.0 Å². The Kier molecular flexibility index (Phi) is 9.89. The number of benzodiazepines with no additional fused rings is 1. The number of rotatable bonds is 12. The van der Waals surface area contributed by atoms with E-state index in [0.717, 1.165) is 12.8 Å². The van der Waals surface area contributed by atoms with Gasteiger partial charge >= 0.3 is 12.4 Å². The molecule has 2 aromatic rings. The number of alkyl halides is 6. The molecule has 0 radical (unpaired) electrons. The van der Waals surface area contributed by atoms with Gasteiger partial charge in [0.1, 0.15) is 5.75 Å². The third-order valence-electron chi connectivity index (χ3n) is 7.65. The Morgan fingerprint density at radius 1 is 0.977 bits per heavy atom. The molecule has 44 heavy (non-hydrogen) atoms. The number of carbonyl (C=O) groups excluding carboxylic acids is 3. The minimum atomic E-state index is -4.77. The maximum Gasteiger partial charge on any atom is 0.389 e. The first kappa shape index (κ1) is 32.8. The number of anilines is 1. The molecule has 8 nitrogen and oxygen atoms in total. The second kappa shape index (κ2) is 13.3. The predicted molar refractivity (Wildman–Crippen MR) is 149 cm³/mol. The summed E-state index contributed by atoms with van der Waals surface area (Å²) < 4.78 is 83.9. The van der Waals surface area contributed by atoms with E-state index in [1.807, 2.05) is 0 Å². The second-order valence-electron chi connectivity index (χ2n) is 10.9. The molecule has 2 aliphatic rings. The molecule has 3 N–H and O–H groups in total. The second-order valence-corrected chi connectivity index (χ2v) is 10.9. The van der Waals surface area contributed by atoms with E-state index in [9.17, 15) is 40.7 Å². The summed E-state index contributed by atoms with van der Waals surface area (Å²) in [7, 11) is 1.48. The number of halogens is 6. The lowest BCUT2D eigenvalue weighted by Crippen LogP contribution is -2.51. The molecule has 238 valence electrons. The van der Waals surface area contributed by atoms with Crippen LogP contribution in [-0.2, 0) is 14.4 Å². The summed E-state index contributed by atoms with van der Waals surface area (Å²) in [6.45, 7) is 0.292. The van der Waals surface area contributed by atoms with Crippen LogP contribution in [0.25, 0.3) is 0 Å². The number of benzene rings is 2. The van der Waals surface area contributed by atoms with Gasteiger partial charge in [0.15, 0.2) is 0 Å². The van der Waals surface area contributed by atoms with E-state index in [-0.39, 0.29) is 11.6 Å². The highest BCUT2D eigenvalue weighted by Gasteiger charge is 2.42. The number of nitrogens with one attached hydrogen (secondary N) is 1. The average molecular weight is 627 g/mol. The molecule has 1 heterocycles. The lowest BCUT2D eigenvalue weighted by atomic mass is 9.83.